The molecule has 0 bridgehead atoms. The van der Waals surface area contributed by atoms with E-state index in [1.165, 1.54) is 0 Å². The van der Waals surface area contributed by atoms with Crippen molar-refractivity contribution in [1.82, 2.24) is 20.4 Å². The topological polar surface area (TPSA) is 94.9 Å². The second-order valence-corrected chi connectivity index (χ2v) is 9.13. The van der Waals surface area contributed by atoms with E-state index in [4.69, 9.17) is 4.42 Å². The molecule has 0 aliphatic heterocycles. The summed E-state index contributed by atoms with van der Waals surface area (Å²) in [6, 6.07) is 9.77. The van der Waals surface area contributed by atoms with Gasteiger partial charge in [-0.15, -0.1) is 0 Å². The van der Waals surface area contributed by atoms with Gasteiger partial charge in [0.25, 0.3) is 11.8 Å². The van der Waals surface area contributed by atoms with Gasteiger partial charge in [0.1, 0.15) is 11.2 Å². The molecular formula is C29H40N4O4. The zero-order valence-electron chi connectivity index (χ0n) is 22.6. The van der Waals surface area contributed by atoms with Gasteiger partial charge >= 0.3 is 0 Å². The predicted octanol–water partition coefficient (Wildman–Crippen LogP) is 3.87. The molecular weight excluding hydrogens is 468 g/mol. The normalized spacial score (nSPS) is 11.5. The van der Waals surface area contributed by atoms with Crippen molar-refractivity contribution in [2.45, 2.75) is 40.5 Å². The van der Waals surface area contributed by atoms with Crippen LogP contribution in [-0.2, 0) is 0 Å². The highest BCUT2D eigenvalue weighted by atomic mass is 16.3. The lowest BCUT2D eigenvalue weighted by Gasteiger charge is -2.17. The number of rotatable bonds is 14. The Bertz CT molecular complexity index is 1170. The fraction of sp³-hybridized carbons (Fsp3) is 0.483. The second-order valence-electron chi connectivity index (χ2n) is 9.13. The van der Waals surface area contributed by atoms with Crippen molar-refractivity contribution in [1.29, 1.82) is 0 Å². The Kier molecular flexibility index (Phi) is 10.7. The van der Waals surface area contributed by atoms with Crippen LogP contribution in [0.2, 0.25) is 0 Å². The van der Waals surface area contributed by atoms with Crippen LogP contribution in [0.4, 0.5) is 0 Å². The molecule has 0 radical (unpaired) electrons. The van der Waals surface area contributed by atoms with Gasteiger partial charge in [0.15, 0.2) is 0 Å². The van der Waals surface area contributed by atoms with Crippen LogP contribution >= 0.6 is 0 Å². The number of hydrogen-bond acceptors (Lipinski definition) is 6. The molecule has 3 aromatic rings. The molecule has 2 amide bonds. The maximum Gasteiger partial charge on any atom is 0.251 e. The van der Waals surface area contributed by atoms with Gasteiger partial charge in [-0.2, -0.15) is 0 Å². The smallest absolute Gasteiger partial charge is 0.251 e. The van der Waals surface area contributed by atoms with Crippen molar-refractivity contribution in [2.24, 2.45) is 0 Å². The van der Waals surface area contributed by atoms with Gasteiger partial charge in [0.2, 0.25) is 5.43 Å². The van der Waals surface area contributed by atoms with Gasteiger partial charge in [0.05, 0.1) is 10.8 Å². The van der Waals surface area contributed by atoms with Crippen molar-refractivity contribution >= 4 is 33.8 Å². The number of benzene rings is 2. The van der Waals surface area contributed by atoms with Crippen molar-refractivity contribution in [3.05, 3.63) is 57.7 Å². The third kappa shape index (κ3) is 7.40. The SMILES string of the molecule is CCN(CC)CCCNC(=O)c1ccc2oc3ccc(C(=O)NCCCN(CC)CC)cc3c(=O)c2c1. The van der Waals surface area contributed by atoms with E-state index in [9.17, 15) is 14.4 Å². The molecule has 8 nitrogen and oxygen atoms in total. The minimum Gasteiger partial charge on any atom is -0.456 e. The lowest BCUT2D eigenvalue weighted by Crippen LogP contribution is -2.30. The lowest BCUT2D eigenvalue weighted by molar-refractivity contribution is 0.0943. The molecule has 37 heavy (non-hydrogen) atoms. The van der Waals surface area contributed by atoms with Gasteiger partial charge in [-0.25, -0.2) is 0 Å². The van der Waals surface area contributed by atoms with Crippen LogP contribution in [0.25, 0.3) is 21.9 Å². The van der Waals surface area contributed by atoms with E-state index in [0.29, 0.717) is 46.2 Å². The predicted molar refractivity (Wildman–Crippen MR) is 149 cm³/mol. The van der Waals surface area contributed by atoms with E-state index in [2.05, 4.69) is 48.1 Å². The zero-order valence-corrected chi connectivity index (χ0v) is 22.6. The molecule has 0 unspecified atom stereocenters. The number of carbonyl (C=O) groups excluding carboxylic acids is 2. The summed E-state index contributed by atoms with van der Waals surface area (Å²) in [5.74, 6) is -0.447. The summed E-state index contributed by atoms with van der Waals surface area (Å²) in [7, 11) is 0. The Balaban J connectivity index is 1.72. The highest BCUT2D eigenvalue weighted by Gasteiger charge is 2.14. The Labute approximate surface area is 219 Å². The van der Waals surface area contributed by atoms with Crippen LogP contribution in [0, 0.1) is 0 Å². The highest BCUT2D eigenvalue weighted by Crippen LogP contribution is 2.21. The highest BCUT2D eigenvalue weighted by molar-refractivity contribution is 6.01. The van der Waals surface area contributed by atoms with E-state index in [-0.39, 0.29) is 17.2 Å². The average Bonchev–Trinajstić information content (AvgIpc) is 2.92. The molecule has 0 aliphatic carbocycles. The standard InChI is InChI=1S/C29H40N4O4/c1-5-32(6-2)17-9-15-30-28(35)21-11-13-25-23(19-21)27(34)24-20-22(12-14-26(24)37-25)29(36)31-16-10-18-33(7-3)8-4/h11-14,19-20H,5-10,15-18H2,1-4H3,(H,30,35)(H,31,36). The Hall–Kier alpha value is -3.23. The van der Waals surface area contributed by atoms with Crippen molar-refractivity contribution in [3.63, 3.8) is 0 Å². The number of carbonyl (C=O) groups is 2. The van der Waals surface area contributed by atoms with E-state index in [0.717, 1.165) is 52.1 Å². The lowest BCUT2D eigenvalue weighted by atomic mass is 10.1. The van der Waals surface area contributed by atoms with Crippen LogP contribution in [0.15, 0.2) is 45.6 Å². The quantitative estimate of drug-likeness (QED) is 0.254. The first kappa shape index (κ1) is 28.3. The van der Waals surface area contributed by atoms with Gasteiger partial charge < -0.3 is 24.9 Å². The molecule has 0 saturated heterocycles. The molecule has 2 aromatic carbocycles. The summed E-state index contributed by atoms with van der Waals surface area (Å²) in [6.07, 6.45) is 1.71. The van der Waals surface area contributed by atoms with E-state index in [1.807, 2.05) is 0 Å². The molecule has 0 fully saturated rings. The second kappa shape index (κ2) is 13.9. The first-order valence-corrected chi connectivity index (χ1v) is 13.4. The molecule has 0 spiro atoms. The molecule has 1 heterocycles. The molecule has 200 valence electrons. The van der Waals surface area contributed by atoms with E-state index in [1.54, 1.807) is 36.4 Å². The van der Waals surface area contributed by atoms with Gasteiger partial charge in [0, 0.05) is 24.2 Å². The molecule has 8 heteroatoms. The van der Waals surface area contributed by atoms with Gasteiger partial charge in [-0.05, 0) is 88.5 Å². The first-order valence-electron chi connectivity index (χ1n) is 13.4. The molecule has 2 N–H and O–H groups in total. The van der Waals surface area contributed by atoms with Crippen molar-refractivity contribution in [2.75, 3.05) is 52.4 Å². The summed E-state index contributed by atoms with van der Waals surface area (Å²) in [6.45, 7) is 15.4. The van der Waals surface area contributed by atoms with E-state index >= 15 is 0 Å². The summed E-state index contributed by atoms with van der Waals surface area (Å²) in [5, 5.41) is 6.50. The summed E-state index contributed by atoms with van der Waals surface area (Å²) < 4.78 is 5.92. The van der Waals surface area contributed by atoms with Crippen LogP contribution in [0.1, 0.15) is 61.3 Å². The van der Waals surface area contributed by atoms with E-state index < -0.39 is 0 Å². The average molecular weight is 509 g/mol. The number of nitrogens with one attached hydrogen (secondary N) is 2. The molecule has 1 aromatic heterocycles. The minimum absolute atomic E-state index is 0.223. The molecule has 0 atom stereocenters. The van der Waals surface area contributed by atoms with Crippen molar-refractivity contribution in [3.8, 4) is 0 Å². The Morgan fingerprint density at radius 3 is 1.49 bits per heavy atom. The number of fused-ring (bicyclic) bond motifs is 2. The fourth-order valence-corrected chi connectivity index (χ4v) is 4.43. The van der Waals surface area contributed by atoms with Crippen molar-refractivity contribution < 1.29 is 14.0 Å². The van der Waals surface area contributed by atoms with Crippen LogP contribution in [0.5, 0.6) is 0 Å². The zero-order chi connectivity index (χ0) is 26.8. The molecule has 0 aliphatic rings. The number of hydrogen-bond donors (Lipinski definition) is 2. The molecule has 3 rings (SSSR count). The Morgan fingerprint density at radius 1 is 0.703 bits per heavy atom. The maximum absolute atomic E-state index is 13.3. The van der Waals surface area contributed by atoms with Gasteiger partial charge in [-0.1, -0.05) is 27.7 Å². The third-order valence-electron chi connectivity index (χ3n) is 6.85. The van der Waals surface area contributed by atoms with Gasteiger partial charge in [-0.3, -0.25) is 14.4 Å². The number of amides is 2. The van der Waals surface area contributed by atoms with Crippen LogP contribution in [-0.4, -0.2) is 74.0 Å². The Morgan fingerprint density at radius 2 is 1.11 bits per heavy atom. The summed E-state index contributed by atoms with van der Waals surface area (Å²) in [5.41, 5.74) is 1.37. The van der Waals surface area contributed by atoms with Crippen LogP contribution in [0.3, 0.4) is 0 Å². The minimum atomic E-state index is -0.261. The largest absolute Gasteiger partial charge is 0.456 e. The molecule has 0 saturated carbocycles. The third-order valence-corrected chi connectivity index (χ3v) is 6.85. The monoisotopic (exact) mass is 508 g/mol. The summed E-state index contributed by atoms with van der Waals surface area (Å²) in [4.78, 5) is 43.3. The maximum atomic E-state index is 13.3. The first-order chi connectivity index (χ1) is 17.9. The van der Waals surface area contributed by atoms with Crippen LogP contribution < -0.4 is 16.1 Å². The fourth-order valence-electron chi connectivity index (χ4n) is 4.43. The summed E-state index contributed by atoms with van der Waals surface area (Å²) >= 11 is 0. The number of nitrogens with zero attached hydrogens (tertiary/aromatic N) is 2.